The fourth-order valence-electron chi connectivity index (χ4n) is 5.71. The Balaban J connectivity index is 1.62. The predicted octanol–water partition coefficient (Wildman–Crippen LogP) is 8.03. The van der Waals surface area contributed by atoms with Crippen molar-refractivity contribution in [3.05, 3.63) is 105 Å². The van der Waals surface area contributed by atoms with Gasteiger partial charge in [-0.3, -0.25) is 4.79 Å². The first kappa shape index (κ1) is 35.5. The van der Waals surface area contributed by atoms with Crippen LogP contribution in [0.4, 0.5) is 18.9 Å². The van der Waals surface area contributed by atoms with E-state index >= 15 is 0 Å². The number of anilines is 1. The summed E-state index contributed by atoms with van der Waals surface area (Å²) in [6.07, 6.45) is 3.79. The van der Waals surface area contributed by atoms with Crippen molar-refractivity contribution < 1.29 is 35.9 Å². The number of hydrogen-bond donors (Lipinski definition) is 1. The molecule has 1 saturated heterocycles. The number of carbonyl (C=O) groups excluding carboxylic acids is 1. The number of sulfonamides is 1. The molecule has 1 fully saturated rings. The van der Waals surface area contributed by atoms with Crippen molar-refractivity contribution in [2.24, 2.45) is 0 Å². The summed E-state index contributed by atoms with van der Waals surface area (Å²) < 4.78 is 74.7. The number of nitrogens with one attached hydrogen (secondary N) is 1. The molecule has 1 aliphatic heterocycles. The average molecular weight is 723 g/mol. The molecular weight excluding hydrogens is 690 g/mol. The van der Waals surface area contributed by atoms with Gasteiger partial charge in [0.05, 0.1) is 12.6 Å². The summed E-state index contributed by atoms with van der Waals surface area (Å²) in [5.74, 6) is -0.420. The highest BCUT2D eigenvalue weighted by Crippen LogP contribution is 2.39. The molecule has 3 aromatic carbocycles. The number of rotatable bonds is 10. The highest BCUT2D eigenvalue weighted by Gasteiger charge is 2.50. The van der Waals surface area contributed by atoms with E-state index in [9.17, 15) is 26.4 Å². The lowest BCUT2D eigenvalue weighted by Crippen LogP contribution is -2.47. The average Bonchev–Trinajstić information content (AvgIpc) is 3.04. The van der Waals surface area contributed by atoms with E-state index in [0.717, 1.165) is 16.7 Å². The van der Waals surface area contributed by atoms with Gasteiger partial charge in [0.15, 0.2) is 0 Å². The predicted molar refractivity (Wildman–Crippen MR) is 181 cm³/mol. The minimum absolute atomic E-state index is 0.0351. The first-order valence-corrected chi connectivity index (χ1v) is 17.1. The lowest BCUT2D eigenvalue weighted by Gasteiger charge is -2.32. The number of carbonyl (C=O) groups is 1. The maximum atomic E-state index is 13.2. The molecule has 0 saturated carbocycles. The van der Waals surface area contributed by atoms with E-state index in [1.807, 2.05) is 60.7 Å². The number of methoxy groups -OCH3 is 1. The smallest absolute Gasteiger partial charge is 0.481 e. The third-order valence-electron chi connectivity index (χ3n) is 8.02. The molecule has 254 valence electrons. The van der Waals surface area contributed by atoms with Crippen LogP contribution in [0.1, 0.15) is 47.9 Å². The Morgan fingerprint density at radius 2 is 1.58 bits per heavy atom. The van der Waals surface area contributed by atoms with Crippen LogP contribution in [0.5, 0.6) is 5.88 Å². The largest absolute Gasteiger partial charge is 0.511 e. The van der Waals surface area contributed by atoms with Crippen LogP contribution in [-0.2, 0) is 19.6 Å². The van der Waals surface area contributed by atoms with Crippen LogP contribution in [0.3, 0.4) is 0 Å². The van der Waals surface area contributed by atoms with E-state index in [0.29, 0.717) is 36.5 Å². The molecule has 0 unspecified atom stereocenters. The number of fused-ring (bicyclic) bond motifs is 1. The highest BCUT2D eigenvalue weighted by molar-refractivity contribution is 7.90. The molecule has 8 nitrogen and oxygen atoms in total. The van der Waals surface area contributed by atoms with Crippen molar-refractivity contribution in [1.29, 1.82) is 0 Å². The molecule has 4 aromatic rings. The van der Waals surface area contributed by atoms with Gasteiger partial charge < -0.3 is 14.8 Å². The number of halogens is 5. The summed E-state index contributed by atoms with van der Waals surface area (Å²) in [7, 11) is -3.94. The van der Waals surface area contributed by atoms with Crippen molar-refractivity contribution in [2.45, 2.75) is 37.2 Å². The highest BCUT2D eigenvalue weighted by atomic mass is 35.5. The van der Waals surface area contributed by atoms with Gasteiger partial charge in [0, 0.05) is 64.7 Å². The summed E-state index contributed by atoms with van der Waals surface area (Å²) in [6.45, 7) is 0.780. The number of nitrogens with zero attached hydrogens (tertiary/aromatic N) is 2. The van der Waals surface area contributed by atoms with Crippen LogP contribution in [0, 0.1) is 0 Å². The molecule has 5 rings (SSSR count). The van der Waals surface area contributed by atoms with Gasteiger partial charge in [0.1, 0.15) is 6.61 Å². The molecule has 14 heteroatoms. The Kier molecular flexibility index (Phi) is 10.9. The zero-order valence-electron chi connectivity index (χ0n) is 25.9. The van der Waals surface area contributed by atoms with Crippen LogP contribution < -0.4 is 10.1 Å². The van der Waals surface area contributed by atoms with Crippen molar-refractivity contribution in [1.82, 2.24) is 9.29 Å². The van der Waals surface area contributed by atoms with E-state index in [-0.39, 0.29) is 50.4 Å². The summed E-state index contributed by atoms with van der Waals surface area (Å²) >= 11 is 12.5. The van der Waals surface area contributed by atoms with Crippen LogP contribution in [0.15, 0.2) is 72.8 Å². The minimum atomic E-state index is -5.42. The number of alkyl halides is 3. The van der Waals surface area contributed by atoms with Gasteiger partial charge in [-0.25, -0.2) is 13.4 Å². The molecule has 0 bridgehead atoms. The second-order valence-electron chi connectivity index (χ2n) is 11.2. The summed E-state index contributed by atoms with van der Waals surface area (Å²) in [5.41, 5.74) is -0.729. The Bertz CT molecular complexity index is 1870. The van der Waals surface area contributed by atoms with E-state index in [1.54, 1.807) is 18.2 Å². The fourth-order valence-corrected chi connectivity index (χ4v) is 6.94. The minimum Gasteiger partial charge on any atom is -0.481 e. The zero-order chi connectivity index (χ0) is 34.6. The van der Waals surface area contributed by atoms with Gasteiger partial charge in [-0.05, 0) is 72.0 Å². The van der Waals surface area contributed by atoms with Gasteiger partial charge in [0.25, 0.3) is 0 Å². The number of ether oxygens (including phenoxy) is 2. The van der Waals surface area contributed by atoms with Gasteiger partial charge in [-0.2, -0.15) is 17.5 Å². The molecule has 0 amide bonds. The number of benzene rings is 3. The maximum absolute atomic E-state index is 13.2. The van der Waals surface area contributed by atoms with Crippen LogP contribution in [0.25, 0.3) is 17.0 Å². The van der Waals surface area contributed by atoms with Gasteiger partial charge in [0.2, 0.25) is 5.88 Å². The van der Waals surface area contributed by atoms with E-state index in [1.165, 1.54) is 14.0 Å². The number of esters is 1. The fraction of sp³-hybridized carbons (Fsp3) is 0.294. The van der Waals surface area contributed by atoms with E-state index in [2.05, 4.69) is 5.32 Å². The second kappa shape index (κ2) is 14.7. The standard InChI is InChI=1S/C34H32Cl2F3N3O5S/c1-21(43)47-17-3-4-24-18-25(32(22-5-9-26(35)10-6-22)23-7-11-27(36)12-8-23)19-29-30(20-31(46-2)41-33(24)29)40-28-13-15-42(16-14-28)48(44,45)34(37,38)39/h3-12,18-20,28,32H,13-17H2,1-2H3,(H,40,41)/b4-3+. The monoisotopic (exact) mass is 721 g/mol. The van der Waals surface area contributed by atoms with Gasteiger partial charge in [-0.15, -0.1) is 0 Å². The molecule has 0 aliphatic carbocycles. The van der Waals surface area contributed by atoms with Crippen molar-refractivity contribution >= 4 is 61.9 Å². The van der Waals surface area contributed by atoms with Crippen molar-refractivity contribution in [3.63, 3.8) is 0 Å². The second-order valence-corrected chi connectivity index (χ2v) is 14.0. The molecule has 48 heavy (non-hydrogen) atoms. The molecule has 0 spiro atoms. The Morgan fingerprint density at radius 1 is 1.00 bits per heavy atom. The number of piperidine rings is 1. The van der Waals surface area contributed by atoms with Gasteiger partial charge in [-0.1, -0.05) is 53.5 Å². The summed E-state index contributed by atoms with van der Waals surface area (Å²) in [6, 6.07) is 20.3. The van der Waals surface area contributed by atoms with Crippen molar-refractivity contribution in [2.75, 3.05) is 32.1 Å². The molecule has 0 radical (unpaired) electrons. The topological polar surface area (TPSA) is 97.8 Å². The molecule has 1 N–H and O–H groups in total. The van der Waals surface area contributed by atoms with Crippen LogP contribution >= 0.6 is 23.2 Å². The number of aromatic nitrogens is 1. The van der Waals surface area contributed by atoms with E-state index in [4.69, 9.17) is 37.7 Å². The van der Waals surface area contributed by atoms with Crippen LogP contribution in [0.2, 0.25) is 10.0 Å². The lowest BCUT2D eigenvalue weighted by atomic mass is 9.83. The SMILES string of the molecule is COc1cc(NC2CCN(S(=O)(=O)C(F)(F)F)CC2)c2cc(C(c3ccc(Cl)cc3)c3ccc(Cl)cc3)cc(/C=C/COC(C)=O)c2n1. The molecular formula is C34H32Cl2F3N3O5S. The summed E-state index contributed by atoms with van der Waals surface area (Å²) in [5, 5.41) is 5.28. The van der Waals surface area contributed by atoms with E-state index < -0.39 is 21.5 Å². The van der Waals surface area contributed by atoms with Crippen LogP contribution in [-0.4, -0.2) is 62.0 Å². The normalized spacial score (nSPS) is 14.9. The Labute approximate surface area is 286 Å². The summed E-state index contributed by atoms with van der Waals surface area (Å²) in [4.78, 5) is 16.1. The van der Waals surface area contributed by atoms with Gasteiger partial charge >= 0.3 is 21.5 Å². The molecule has 1 aromatic heterocycles. The molecule has 2 heterocycles. The third-order valence-corrected chi connectivity index (χ3v) is 10.2. The number of pyridine rings is 1. The Hall–Kier alpha value is -3.84. The lowest BCUT2D eigenvalue weighted by molar-refractivity contribution is -0.139. The van der Waals surface area contributed by atoms with Crippen molar-refractivity contribution in [3.8, 4) is 5.88 Å². The maximum Gasteiger partial charge on any atom is 0.511 e. The number of hydrogen-bond acceptors (Lipinski definition) is 7. The first-order valence-electron chi connectivity index (χ1n) is 14.9. The third kappa shape index (κ3) is 8.06. The first-order chi connectivity index (χ1) is 22.8. The molecule has 0 atom stereocenters. The zero-order valence-corrected chi connectivity index (χ0v) is 28.3. The quantitative estimate of drug-likeness (QED) is 0.131. The molecule has 1 aliphatic rings. The Morgan fingerprint density at radius 3 is 2.10 bits per heavy atom.